The number of nitrogens with zero attached hydrogens (tertiary/aromatic N) is 1. The predicted octanol–water partition coefficient (Wildman–Crippen LogP) is 2.27. The fourth-order valence-electron chi connectivity index (χ4n) is 1.98. The summed E-state index contributed by atoms with van der Waals surface area (Å²) in [5, 5.41) is 19.5. The van der Waals surface area contributed by atoms with E-state index in [0.29, 0.717) is 11.3 Å². The van der Waals surface area contributed by atoms with Crippen LogP contribution in [0, 0.1) is 11.3 Å². The SMILES string of the molecule is N#Cc1ccccc1[C@@]1(O)CCCSC1. The van der Waals surface area contributed by atoms with Crippen LogP contribution in [-0.2, 0) is 5.60 Å². The van der Waals surface area contributed by atoms with Gasteiger partial charge in [0.25, 0.3) is 0 Å². The van der Waals surface area contributed by atoms with Crippen molar-refractivity contribution in [2.75, 3.05) is 11.5 Å². The number of nitriles is 1. The van der Waals surface area contributed by atoms with Crippen LogP contribution in [0.3, 0.4) is 0 Å². The van der Waals surface area contributed by atoms with Gasteiger partial charge in [0.2, 0.25) is 0 Å². The minimum absolute atomic E-state index is 0.600. The van der Waals surface area contributed by atoms with Gasteiger partial charge in [0.15, 0.2) is 0 Å². The van der Waals surface area contributed by atoms with Crippen LogP contribution in [0.5, 0.6) is 0 Å². The molecule has 0 radical (unpaired) electrons. The van der Waals surface area contributed by atoms with E-state index in [4.69, 9.17) is 5.26 Å². The highest BCUT2D eigenvalue weighted by molar-refractivity contribution is 7.99. The van der Waals surface area contributed by atoms with Gasteiger partial charge >= 0.3 is 0 Å². The minimum Gasteiger partial charge on any atom is -0.384 e. The Labute approximate surface area is 93.9 Å². The molecule has 1 saturated heterocycles. The molecule has 0 aliphatic carbocycles. The highest BCUT2D eigenvalue weighted by Gasteiger charge is 2.33. The summed E-state index contributed by atoms with van der Waals surface area (Å²) in [4.78, 5) is 0. The van der Waals surface area contributed by atoms with Crippen LogP contribution in [0.4, 0.5) is 0 Å². The number of thioether (sulfide) groups is 1. The lowest BCUT2D eigenvalue weighted by Crippen LogP contribution is -2.32. The molecule has 78 valence electrons. The van der Waals surface area contributed by atoms with E-state index in [9.17, 15) is 5.11 Å². The maximum absolute atomic E-state index is 10.5. The second-order valence-corrected chi connectivity index (χ2v) is 4.95. The molecular formula is C12H13NOS. The second kappa shape index (κ2) is 4.26. The number of aliphatic hydroxyl groups is 1. The first-order valence-electron chi connectivity index (χ1n) is 5.06. The third-order valence-corrected chi connectivity index (χ3v) is 4.03. The molecule has 0 amide bonds. The summed E-state index contributed by atoms with van der Waals surface area (Å²) < 4.78 is 0. The van der Waals surface area contributed by atoms with Crippen molar-refractivity contribution >= 4 is 11.8 Å². The van der Waals surface area contributed by atoms with Gasteiger partial charge in [-0.2, -0.15) is 17.0 Å². The fraction of sp³-hybridized carbons (Fsp3) is 0.417. The largest absolute Gasteiger partial charge is 0.384 e. The Morgan fingerprint density at radius 3 is 2.87 bits per heavy atom. The average Bonchev–Trinajstić information content (AvgIpc) is 2.30. The molecule has 0 unspecified atom stereocenters. The lowest BCUT2D eigenvalue weighted by atomic mass is 9.88. The molecule has 0 bridgehead atoms. The van der Waals surface area contributed by atoms with Crippen LogP contribution in [0.2, 0.25) is 0 Å². The molecular weight excluding hydrogens is 206 g/mol. The standard InChI is InChI=1S/C12H13NOS/c13-8-10-4-1-2-5-11(10)12(14)6-3-7-15-9-12/h1-2,4-5,14H,3,6-7,9H2/t12-/m1/s1. The summed E-state index contributed by atoms with van der Waals surface area (Å²) in [6.07, 6.45) is 1.78. The van der Waals surface area contributed by atoms with Gasteiger partial charge in [0.05, 0.1) is 17.2 Å². The monoisotopic (exact) mass is 219 g/mol. The first-order chi connectivity index (χ1) is 7.26. The van der Waals surface area contributed by atoms with E-state index in [2.05, 4.69) is 6.07 Å². The van der Waals surface area contributed by atoms with Crippen molar-refractivity contribution in [3.8, 4) is 6.07 Å². The van der Waals surface area contributed by atoms with E-state index in [1.807, 2.05) is 18.2 Å². The molecule has 1 heterocycles. The number of hydrogen-bond donors (Lipinski definition) is 1. The lowest BCUT2D eigenvalue weighted by Gasteiger charge is -2.32. The van der Waals surface area contributed by atoms with Crippen molar-refractivity contribution in [1.82, 2.24) is 0 Å². The molecule has 1 fully saturated rings. The zero-order valence-corrected chi connectivity index (χ0v) is 9.26. The summed E-state index contributed by atoms with van der Waals surface area (Å²) in [5.74, 6) is 1.81. The second-order valence-electron chi connectivity index (χ2n) is 3.85. The van der Waals surface area contributed by atoms with Crippen molar-refractivity contribution in [3.63, 3.8) is 0 Å². The van der Waals surface area contributed by atoms with E-state index in [-0.39, 0.29) is 0 Å². The first kappa shape index (κ1) is 10.5. The molecule has 2 rings (SSSR count). The zero-order chi connectivity index (χ0) is 10.7. The maximum atomic E-state index is 10.5. The van der Waals surface area contributed by atoms with Crippen LogP contribution < -0.4 is 0 Å². The van der Waals surface area contributed by atoms with Crippen LogP contribution in [0.15, 0.2) is 24.3 Å². The highest BCUT2D eigenvalue weighted by atomic mass is 32.2. The molecule has 15 heavy (non-hydrogen) atoms. The normalized spacial score (nSPS) is 25.9. The van der Waals surface area contributed by atoms with Crippen LogP contribution >= 0.6 is 11.8 Å². The summed E-state index contributed by atoms with van der Waals surface area (Å²) >= 11 is 1.76. The highest BCUT2D eigenvalue weighted by Crippen LogP contribution is 2.36. The van der Waals surface area contributed by atoms with E-state index in [1.165, 1.54) is 0 Å². The van der Waals surface area contributed by atoms with Gasteiger partial charge in [0, 0.05) is 11.3 Å². The minimum atomic E-state index is -0.796. The van der Waals surface area contributed by atoms with Gasteiger partial charge in [-0.3, -0.25) is 0 Å². The van der Waals surface area contributed by atoms with E-state index in [1.54, 1.807) is 17.8 Å². The third kappa shape index (κ3) is 2.01. The number of hydrogen-bond acceptors (Lipinski definition) is 3. The molecule has 2 nitrogen and oxygen atoms in total. The van der Waals surface area contributed by atoms with Gasteiger partial charge in [-0.1, -0.05) is 18.2 Å². The van der Waals surface area contributed by atoms with Gasteiger partial charge in [-0.25, -0.2) is 0 Å². The predicted molar refractivity (Wildman–Crippen MR) is 61.6 cm³/mol. The van der Waals surface area contributed by atoms with Crippen molar-refractivity contribution < 1.29 is 5.11 Å². The Morgan fingerprint density at radius 1 is 1.40 bits per heavy atom. The molecule has 3 heteroatoms. The summed E-state index contributed by atoms with van der Waals surface area (Å²) in [6, 6.07) is 9.50. The number of benzene rings is 1. The molecule has 0 spiro atoms. The van der Waals surface area contributed by atoms with E-state index in [0.717, 1.165) is 24.2 Å². The lowest BCUT2D eigenvalue weighted by molar-refractivity contribution is 0.0493. The van der Waals surface area contributed by atoms with Gasteiger partial charge in [-0.15, -0.1) is 0 Å². The maximum Gasteiger partial charge on any atom is 0.0999 e. The van der Waals surface area contributed by atoms with E-state index >= 15 is 0 Å². The molecule has 0 saturated carbocycles. The van der Waals surface area contributed by atoms with Crippen LogP contribution in [0.25, 0.3) is 0 Å². The average molecular weight is 219 g/mol. The smallest absolute Gasteiger partial charge is 0.0999 e. The first-order valence-corrected chi connectivity index (χ1v) is 6.21. The summed E-state index contributed by atoms with van der Waals surface area (Å²) in [6.45, 7) is 0. The zero-order valence-electron chi connectivity index (χ0n) is 8.44. The van der Waals surface area contributed by atoms with E-state index < -0.39 is 5.60 Å². The van der Waals surface area contributed by atoms with Gasteiger partial charge in [-0.05, 0) is 24.7 Å². The van der Waals surface area contributed by atoms with Crippen LogP contribution in [0.1, 0.15) is 24.0 Å². The van der Waals surface area contributed by atoms with Crippen molar-refractivity contribution in [2.45, 2.75) is 18.4 Å². The summed E-state index contributed by atoms with van der Waals surface area (Å²) in [7, 11) is 0. The molecule has 1 N–H and O–H groups in total. The molecule has 1 aliphatic heterocycles. The third-order valence-electron chi connectivity index (χ3n) is 2.77. The molecule has 1 atom stereocenters. The Bertz CT molecular complexity index is 391. The van der Waals surface area contributed by atoms with Crippen molar-refractivity contribution in [1.29, 1.82) is 5.26 Å². The quantitative estimate of drug-likeness (QED) is 0.788. The fourth-order valence-corrected chi connectivity index (χ4v) is 3.11. The number of rotatable bonds is 1. The Kier molecular flexibility index (Phi) is 2.99. The van der Waals surface area contributed by atoms with Crippen molar-refractivity contribution in [2.24, 2.45) is 0 Å². The topological polar surface area (TPSA) is 44.0 Å². The summed E-state index contributed by atoms with van der Waals surface area (Å²) in [5.41, 5.74) is 0.595. The van der Waals surface area contributed by atoms with Crippen LogP contribution in [-0.4, -0.2) is 16.6 Å². The molecule has 1 aliphatic rings. The Balaban J connectivity index is 2.39. The molecule has 0 aromatic heterocycles. The molecule has 1 aromatic carbocycles. The van der Waals surface area contributed by atoms with Crippen molar-refractivity contribution in [3.05, 3.63) is 35.4 Å². The Morgan fingerprint density at radius 2 is 2.20 bits per heavy atom. The Hall–Kier alpha value is -0.980. The van der Waals surface area contributed by atoms with Gasteiger partial charge in [0.1, 0.15) is 0 Å². The molecule has 1 aromatic rings. The van der Waals surface area contributed by atoms with Gasteiger partial charge < -0.3 is 5.11 Å².